The van der Waals surface area contributed by atoms with Gasteiger partial charge in [0.15, 0.2) is 0 Å². The van der Waals surface area contributed by atoms with E-state index < -0.39 is 0 Å². The standard InChI is InChI=1S/C16H30N2O/c1-7-8-9-18(6)12-14-10-13(2)15(19-14)11-17-16(3,4)5/h10,17H,7-9,11-12H2,1-6H3. The highest BCUT2D eigenvalue weighted by molar-refractivity contribution is 5.20. The predicted molar refractivity (Wildman–Crippen MR) is 81.3 cm³/mol. The van der Waals surface area contributed by atoms with E-state index in [1.807, 2.05) is 0 Å². The Bertz CT molecular complexity index is 377. The Kier molecular flexibility index (Phi) is 6.08. The number of hydrogen-bond donors (Lipinski definition) is 1. The van der Waals surface area contributed by atoms with Crippen molar-refractivity contribution in [2.75, 3.05) is 13.6 Å². The zero-order chi connectivity index (χ0) is 14.5. The van der Waals surface area contributed by atoms with Gasteiger partial charge in [0.25, 0.3) is 0 Å². The molecule has 3 heteroatoms. The molecule has 0 aromatic carbocycles. The molecule has 1 heterocycles. The number of rotatable bonds is 7. The van der Waals surface area contributed by atoms with Crippen molar-refractivity contribution < 1.29 is 4.42 Å². The van der Waals surface area contributed by atoms with Gasteiger partial charge in [-0.25, -0.2) is 0 Å². The molecule has 1 aromatic heterocycles. The van der Waals surface area contributed by atoms with E-state index in [1.54, 1.807) is 0 Å². The molecule has 0 amide bonds. The third-order valence-electron chi connectivity index (χ3n) is 3.17. The van der Waals surface area contributed by atoms with Crippen LogP contribution in [0.5, 0.6) is 0 Å². The fraction of sp³-hybridized carbons (Fsp3) is 0.750. The quantitative estimate of drug-likeness (QED) is 0.815. The first-order valence-corrected chi connectivity index (χ1v) is 7.33. The predicted octanol–water partition coefficient (Wildman–Crippen LogP) is 3.71. The van der Waals surface area contributed by atoms with Gasteiger partial charge >= 0.3 is 0 Å². The lowest BCUT2D eigenvalue weighted by atomic mass is 10.1. The smallest absolute Gasteiger partial charge is 0.120 e. The van der Waals surface area contributed by atoms with Gasteiger partial charge in [-0.15, -0.1) is 0 Å². The lowest BCUT2D eigenvalue weighted by Gasteiger charge is -2.19. The van der Waals surface area contributed by atoms with Crippen molar-refractivity contribution in [1.82, 2.24) is 10.2 Å². The van der Waals surface area contributed by atoms with Crippen molar-refractivity contribution in [2.24, 2.45) is 0 Å². The summed E-state index contributed by atoms with van der Waals surface area (Å²) in [5.74, 6) is 2.13. The zero-order valence-electron chi connectivity index (χ0n) is 13.5. The molecule has 1 rings (SSSR count). The number of furan rings is 1. The summed E-state index contributed by atoms with van der Waals surface area (Å²) in [5.41, 5.74) is 1.37. The van der Waals surface area contributed by atoms with E-state index in [0.717, 1.165) is 31.2 Å². The SMILES string of the molecule is CCCCN(C)Cc1cc(C)c(CNC(C)(C)C)o1. The fourth-order valence-corrected chi connectivity index (χ4v) is 1.96. The summed E-state index contributed by atoms with van der Waals surface area (Å²) in [6.45, 7) is 13.7. The first-order valence-electron chi connectivity index (χ1n) is 7.33. The summed E-state index contributed by atoms with van der Waals surface area (Å²) in [5, 5.41) is 3.47. The van der Waals surface area contributed by atoms with Crippen LogP contribution in [-0.2, 0) is 13.1 Å². The van der Waals surface area contributed by atoms with Crippen LogP contribution in [0.2, 0.25) is 0 Å². The maximum absolute atomic E-state index is 5.96. The lowest BCUT2D eigenvalue weighted by Crippen LogP contribution is -2.35. The number of nitrogens with zero attached hydrogens (tertiary/aromatic N) is 1. The van der Waals surface area contributed by atoms with Crippen LogP contribution < -0.4 is 5.32 Å². The van der Waals surface area contributed by atoms with Crippen molar-refractivity contribution in [1.29, 1.82) is 0 Å². The summed E-state index contributed by atoms with van der Waals surface area (Å²) in [4.78, 5) is 2.32. The second kappa shape index (κ2) is 7.11. The van der Waals surface area contributed by atoms with Crippen LogP contribution in [0.25, 0.3) is 0 Å². The zero-order valence-corrected chi connectivity index (χ0v) is 13.5. The molecule has 0 fully saturated rings. The van der Waals surface area contributed by atoms with Gasteiger partial charge in [-0.1, -0.05) is 13.3 Å². The average molecular weight is 266 g/mol. The van der Waals surface area contributed by atoms with Crippen molar-refractivity contribution in [2.45, 2.75) is 66.1 Å². The summed E-state index contributed by atoms with van der Waals surface area (Å²) < 4.78 is 5.96. The molecule has 0 saturated carbocycles. The largest absolute Gasteiger partial charge is 0.463 e. The molecule has 0 aliphatic rings. The topological polar surface area (TPSA) is 28.4 Å². The minimum absolute atomic E-state index is 0.122. The molecule has 0 spiro atoms. The minimum atomic E-state index is 0.122. The highest BCUT2D eigenvalue weighted by Crippen LogP contribution is 2.17. The second-order valence-corrected chi connectivity index (χ2v) is 6.51. The molecular weight excluding hydrogens is 236 g/mol. The molecule has 19 heavy (non-hydrogen) atoms. The maximum atomic E-state index is 5.96. The van der Waals surface area contributed by atoms with Gasteiger partial charge in [0.2, 0.25) is 0 Å². The lowest BCUT2D eigenvalue weighted by molar-refractivity contribution is 0.282. The molecule has 1 N–H and O–H groups in total. The molecule has 0 unspecified atom stereocenters. The highest BCUT2D eigenvalue weighted by atomic mass is 16.3. The molecule has 0 atom stereocenters. The minimum Gasteiger partial charge on any atom is -0.463 e. The van der Waals surface area contributed by atoms with Crippen LogP contribution in [0.4, 0.5) is 0 Å². The Labute approximate surface area is 118 Å². The molecule has 0 aliphatic carbocycles. The van der Waals surface area contributed by atoms with E-state index in [4.69, 9.17) is 4.42 Å². The van der Waals surface area contributed by atoms with Gasteiger partial charge in [-0.05, 0) is 59.3 Å². The number of nitrogens with one attached hydrogen (secondary N) is 1. The summed E-state index contributed by atoms with van der Waals surface area (Å²) in [6.07, 6.45) is 2.48. The van der Waals surface area contributed by atoms with E-state index >= 15 is 0 Å². The molecule has 0 saturated heterocycles. The highest BCUT2D eigenvalue weighted by Gasteiger charge is 2.13. The van der Waals surface area contributed by atoms with Crippen molar-refractivity contribution in [3.8, 4) is 0 Å². The van der Waals surface area contributed by atoms with Gasteiger partial charge in [-0.2, -0.15) is 0 Å². The van der Waals surface area contributed by atoms with Crippen LogP contribution >= 0.6 is 0 Å². The Morgan fingerprint density at radius 2 is 2.00 bits per heavy atom. The second-order valence-electron chi connectivity index (χ2n) is 6.51. The molecule has 1 aromatic rings. The van der Waals surface area contributed by atoms with Gasteiger partial charge in [0.05, 0.1) is 13.1 Å². The van der Waals surface area contributed by atoms with E-state index in [-0.39, 0.29) is 5.54 Å². The molecular formula is C16H30N2O. The Morgan fingerprint density at radius 1 is 1.32 bits per heavy atom. The molecule has 0 bridgehead atoms. The van der Waals surface area contributed by atoms with E-state index in [1.165, 1.54) is 18.4 Å². The Balaban J connectivity index is 2.53. The van der Waals surface area contributed by atoms with Crippen LogP contribution in [-0.4, -0.2) is 24.0 Å². The third-order valence-corrected chi connectivity index (χ3v) is 3.17. The monoisotopic (exact) mass is 266 g/mol. The van der Waals surface area contributed by atoms with Gasteiger partial charge in [-0.3, -0.25) is 4.90 Å². The summed E-state index contributed by atoms with van der Waals surface area (Å²) in [7, 11) is 2.15. The van der Waals surface area contributed by atoms with E-state index in [9.17, 15) is 0 Å². The maximum Gasteiger partial charge on any atom is 0.120 e. The van der Waals surface area contributed by atoms with E-state index in [0.29, 0.717) is 0 Å². The Hall–Kier alpha value is -0.800. The van der Waals surface area contributed by atoms with Crippen molar-refractivity contribution in [3.05, 3.63) is 23.2 Å². The van der Waals surface area contributed by atoms with Gasteiger partial charge in [0, 0.05) is 5.54 Å². The van der Waals surface area contributed by atoms with Gasteiger partial charge < -0.3 is 9.73 Å². The van der Waals surface area contributed by atoms with Crippen molar-refractivity contribution >= 4 is 0 Å². The molecule has 0 aliphatic heterocycles. The number of aryl methyl sites for hydroxylation is 1. The molecule has 110 valence electrons. The fourth-order valence-electron chi connectivity index (χ4n) is 1.96. The molecule has 3 nitrogen and oxygen atoms in total. The average Bonchev–Trinajstić information content (AvgIpc) is 2.63. The molecule has 0 radical (unpaired) electrons. The van der Waals surface area contributed by atoms with Crippen LogP contribution in [0, 0.1) is 6.92 Å². The van der Waals surface area contributed by atoms with Crippen LogP contribution in [0.15, 0.2) is 10.5 Å². The summed E-state index contributed by atoms with van der Waals surface area (Å²) >= 11 is 0. The number of hydrogen-bond acceptors (Lipinski definition) is 3. The number of unbranched alkanes of at least 4 members (excludes halogenated alkanes) is 1. The van der Waals surface area contributed by atoms with Crippen LogP contribution in [0.1, 0.15) is 57.6 Å². The normalized spacial score (nSPS) is 12.4. The van der Waals surface area contributed by atoms with Crippen LogP contribution in [0.3, 0.4) is 0 Å². The summed E-state index contributed by atoms with van der Waals surface area (Å²) in [6, 6.07) is 2.17. The first-order chi connectivity index (χ1) is 8.81. The first kappa shape index (κ1) is 16.3. The Morgan fingerprint density at radius 3 is 2.58 bits per heavy atom. The van der Waals surface area contributed by atoms with Gasteiger partial charge in [0.1, 0.15) is 11.5 Å². The van der Waals surface area contributed by atoms with E-state index in [2.05, 4.69) is 57.9 Å². The van der Waals surface area contributed by atoms with Crippen molar-refractivity contribution in [3.63, 3.8) is 0 Å². The third kappa shape index (κ3) is 6.26.